The number of aliphatic hydroxyl groups excluding tert-OH is 3. The molecule has 0 aliphatic rings. The smallest absolute Gasteiger partial charge is 0.108 e. The highest BCUT2D eigenvalue weighted by molar-refractivity contribution is 4.69. The summed E-state index contributed by atoms with van der Waals surface area (Å²) >= 11 is 0. The first-order valence-electron chi connectivity index (χ1n) is 3.72. The van der Waals surface area contributed by atoms with Gasteiger partial charge in [-0.1, -0.05) is 0 Å². The lowest BCUT2D eigenvalue weighted by molar-refractivity contribution is -0.0845. The van der Waals surface area contributed by atoms with Gasteiger partial charge in [0.15, 0.2) is 0 Å². The maximum Gasteiger partial charge on any atom is 0.108 e. The van der Waals surface area contributed by atoms with E-state index in [1.807, 2.05) is 0 Å². The molecule has 0 saturated carbocycles. The van der Waals surface area contributed by atoms with Crippen LogP contribution in [0.3, 0.4) is 0 Å². The van der Waals surface area contributed by atoms with Crippen molar-refractivity contribution < 1.29 is 25.2 Å². The largest absolute Gasteiger partial charge is 0.394 e. The van der Waals surface area contributed by atoms with E-state index in [1.165, 1.54) is 6.92 Å². The molecule has 2 unspecified atom stereocenters. The van der Waals surface area contributed by atoms with E-state index >= 15 is 0 Å². The predicted octanol–water partition coefficient (Wildman–Crippen LogP) is -1.90. The molecule has 0 aromatic carbocycles. The van der Waals surface area contributed by atoms with Crippen molar-refractivity contribution in [1.29, 1.82) is 0 Å². The molecule has 0 aliphatic carbocycles. The molecule has 5 heteroatoms. The molecule has 0 aliphatic heterocycles. The summed E-state index contributed by atoms with van der Waals surface area (Å²) in [4.78, 5) is 0. The van der Waals surface area contributed by atoms with Crippen molar-refractivity contribution in [2.75, 3.05) is 26.4 Å². The lowest BCUT2D eigenvalue weighted by Gasteiger charge is -2.20. The zero-order valence-corrected chi connectivity index (χ0v) is 7.10. The fourth-order valence-corrected chi connectivity index (χ4v) is 0.513. The van der Waals surface area contributed by atoms with Gasteiger partial charge in [-0.15, -0.1) is 0 Å². The van der Waals surface area contributed by atoms with Gasteiger partial charge in [-0.2, -0.15) is 0 Å². The molecule has 5 nitrogen and oxygen atoms in total. The monoisotopic (exact) mass is 180 g/mol. The fourth-order valence-electron chi connectivity index (χ4n) is 0.513. The van der Waals surface area contributed by atoms with Crippen molar-refractivity contribution in [2.45, 2.75) is 18.6 Å². The van der Waals surface area contributed by atoms with Crippen molar-refractivity contribution in [3.63, 3.8) is 0 Å². The maximum absolute atomic E-state index is 9.19. The van der Waals surface area contributed by atoms with Gasteiger partial charge >= 0.3 is 0 Å². The van der Waals surface area contributed by atoms with Gasteiger partial charge in [-0.3, -0.25) is 0 Å². The summed E-state index contributed by atoms with van der Waals surface area (Å²) in [5.41, 5.74) is -1.28. The van der Waals surface area contributed by atoms with Gasteiger partial charge in [-0.25, -0.2) is 0 Å². The molecule has 0 saturated heterocycles. The average molecular weight is 180 g/mol. The van der Waals surface area contributed by atoms with Gasteiger partial charge in [0.25, 0.3) is 0 Å². The van der Waals surface area contributed by atoms with Crippen LogP contribution in [0.2, 0.25) is 0 Å². The van der Waals surface area contributed by atoms with E-state index in [2.05, 4.69) is 0 Å². The topological polar surface area (TPSA) is 90.2 Å². The number of ether oxygens (including phenoxy) is 1. The molecule has 0 fully saturated rings. The van der Waals surface area contributed by atoms with Crippen molar-refractivity contribution in [3.8, 4) is 0 Å². The van der Waals surface area contributed by atoms with Crippen LogP contribution in [-0.2, 0) is 4.74 Å². The minimum absolute atomic E-state index is 0.0490. The van der Waals surface area contributed by atoms with Crippen LogP contribution in [0.1, 0.15) is 6.92 Å². The van der Waals surface area contributed by atoms with Gasteiger partial charge in [-0.05, 0) is 6.92 Å². The van der Waals surface area contributed by atoms with Crippen molar-refractivity contribution in [3.05, 3.63) is 0 Å². The normalized spacial score (nSPS) is 18.8. The number of hydrogen-bond donors (Lipinski definition) is 4. The third-order valence-corrected chi connectivity index (χ3v) is 1.27. The summed E-state index contributed by atoms with van der Waals surface area (Å²) in [6.07, 6.45) is -0.931. The molecular weight excluding hydrogens is 164 g/mol. The van der Waals surface area contributed by atoms with Crippen LogP contribution in [0.15, 0.2) is 0 Å². The van der Waals surface area contributed by atoms with Crippen molar-refractivity contribution >= 4 is 0 Å². The maximum atomic E-state index is 9.19. The molecule has 0 aromatic heterocycles. The fraction of sp³-hybridized carbons (Fsp3) is 1.00. The first-order chi connectivity index (χ1) is 5.52. The molecule has 0 spiro atoms. The Morgan fingerprint density at radius 1 is 1.42 bits per heavy atom. The first-order valence-corrected chi connectivity index (χ1v) is 3.72. The van der Waals surface area contributed by atoms with E-state index < -0.39 is 18.3 Å². The van der Waals surface area contributed by atoms with Crippen LogP contribution in [0, 0.1) is 0 Å². The second-order valence-corrected chi connectivity index (χ2v) is 3.01. The van der Waals surface area contributed by atoms with E-state index in [-0.39, 0.29) is 19.8 Å². The number of aliphatic hydroxyl groups is 4. The van der Waals surface area contributed by atoms with Crippen LogP contribution in [0.5, 0.6) is 0 Å². The Kier molecular flexibility index (Phi) is 5.36. The summed E-state index contributed by atoms with van der Waals surface area (Å²) in [6, 6.07) is 0. The zero-order chi connectivity index (χ0) is 9.61. The van der Waals surface area contributed by atoms with E-state index in [4.69, 9.17) is 20.1 Å². The molecule has 0 bridgehead atoms. The SMILES string of the molecule is CC(O)(CO)COCC(O)CO. The Labute approximate surface area is 71.2 Å². The lowest BCUT2D eigenvalue weighted by Crippen LogP contribution is -2.36. The van der Waals surface area contributed by atoms with Crippen LogP contribution in [-0.4, -0.2) is 58.6 Å². The number of rotatable bonds is 6. The van der Waals surface area contributed by atoms with Gasteiger partial charge in [0, 0.05) is 0 Å². The molecule has 0 aromatic rings. The first kappa shape index (κ1) is 11.8. The molecule has 74 valence electrons. The molecular formula is C7H16O5. The highest BCUT2D eigenvalue weighted by Crippen LogP contribution is 2.01. The lowest BCUT2D eigenvalue weighted by atomic mass is 10.1. The Morgan fingerprint density at radius 2 is 2.00 bits per heavy atom. The van der Waals surface area contributed by atoms with E-state index in [9.17, 15) is 5.11 Å². The average Bonchev–Trinajstić information content (AvgIpc) is 2.04. The van der Waals surface area contributed by atoms with Gasteiger partial charge in [0.2, 0.25) is 0 Å². The van der Waals surface area contributed by atoms with E-state index in [0.717, 1.165) is 0 Å². The van der Waals surface area contributed by atoms with Gasteiger partial charge < -0.3 is 25.2 Å². The molecule has 0 rings (SSSR count). The van der Waals surface area contributed by atoms with Crippen LogP contribution in [0.4, 0.5) is 0 Å². The summed E-state index contributed by atoms with van der Waals surface area (Å²) in [7, 11) is 0. The van der Waals surface area contributed by atoms with Crippen LogP contribution < -0.4 is 0 Å². The molecule has 2 atom stereocenters. The zero-order valence-electron chi connectivity index (χ0n) is 7.10. The Morgan fingerprint density at radius 3 is 2.42 bits per heavy atom. The summed E-state index contributed by atoms with van der Waals surface area (Å²) < 4.78 is 4.82. The highest BCUT2D eigenvalue weighted by atomic mass is 16.5. The summed E-state index contributed by atoms with van der Waals surface area (Å²) in [6.45, 7) is 0.523. The summed E-state index contributed by atoms with van der Waals surface area (Å²) in [5, 5.41) is 35.0. The van der Waals surface area contributed by atoms with Crippen molar-refractivity contribution in [2.24, 2.45) is 0 Å². The molecule has 0 heterocycles. The third kappa shape index (κ3) is 5.45. The van der Waals surface area contributed by atoms with E-state index in [1.54, 1.807) is 0 Å². The van der Waals surface area contributed by atoms with Gasteiger partial charge in [0.05, 0.1) is 26.4 Å². The minimum atomic E-state index is -1.28. The second-order valence-electron chi connectivity index (χ2n) is 3.01. The molecule has 12 heavy (non-hydrogen) atoms. The quantitative estimate of drug-likeness (QED) is 0.383. The Balaban J connectivity index is 3.42. The second kappa shape index (κ2) is 5.45. The highest BCUT2D eigenvalue weighted by Gasteiger charge is 2.19. The molecule has 0 radical (unpaired) electrons. The van der Waals surface area contributed by atoms with E-state index in [0.29, 0.717) is 0 Å². The standard InChI is InChI=1S/C7H16O5/c1-7(11,4-9)5-12-3-6(10)2-8/h6,8-11H,2-5H2,1H3. The van der Waals surface area contributed by atoms with Crippen LogP contribution >= 0.6 is 0 Å². The third-order valence-electron chi connectivity index (χ3n) is 1.27. The predicted molar refractivity (Wildman–Crippen MR) is 41.6 cm³/mol. The molecule has 4 N–H and O–H groups in total. The van der Waals surface area contributed by atoms with Crippen LogP contribution in [0.25, 0.3) is 0 Å². The number of hydrogen-bond acceptors (Lipinski definition) is 5. The Bertz CT molecular complexity index is 114. The van der Waals surface area contributed by atoms with Gasteiger partial charge in [0.1, 0.15) is 11.7 Å². The Hall–Kier alpha value is -0.200. The minimum Gasteiger partial charge on any atom is -0.394 e. The molecule has 0 amide bonds. The summed E-state index contributed by atoms with van der Waals surface area (Å²) in [5.74, 6) is 0. The van der Waals surface area contributed by atoms with Crippen molar-refractivity contribution in [1.82, 2.24) is 0 Å².